The van der Waals surface area contributed by atoms with E-state index < -0.39 is 22.0 Å². The summed E-state index contributed by atoms with van der Waals surface area (Å²) in [6.07, 6.45) is 0.820. The predicted molar refractivity (Wildman–Crippen MR) is 70.2 cm³/mol. The molecule has 1 aromatic rings. The van der Waals surface area contributed by atoms with Crippen molar-refractivity contribution in [2.45, 2.75) is 31.2 Å². The molecule has 0 aliphatic carbocycles. The van der Waals surface area contributed by atoms with Crippen LogP contribution in [0.4, 0.5) is 0 Å². The number of pyridine rings is 1. The third kappa shape index (κ3) is 3.53. The summed E-state index contributed by atoms with van der Waals surface area (Å²) in [6, 6.07) is 3.73. The van der Waals surface area contributed by atoms with Crippen molar-refractivity contribution < 1.29 is 18.3 Å². The summed E-state index contributed by atoms with van der Waals surface area (Å²) in [4.78, 5) is 14.4. The van der Waals surface area contributed by atoms with Crippen molar-refractivity contribution in [2.75, 3.05) is 6.54 Å². The second-order valence-corrected chi connectivity index (χ2v) is 6.04. The fourth-order valence-electron chi connectivity index (χ4n) is 1.81. The Labute approximate surface area is 117 Å². The molecule has 0 saturated carbocycles. The molecule has 1 N–H and O–H groups in total. The lowest BCUT2D eigenvalue weighted by molar-refractivity contribution is -0.137. The Morgan fingerprint density at radius 1 is 1.55 bits per heavy atom. The Morgan fingerprint density at radius 3 is 2.60 bits per heavy atom. The van der Waals surface area contributed by atoms with Crippen LogP contribution in [-0.4, -0.2) is 41.4 Å². The van der Waals surface area contributed by atoms with E-state index >= 15 is 0 Å². The van der Waals surface area contributed by atoms with E-state index in [4.69, 9.17) is 10.4 Å². The summed E-state index contributed by atoms with van der Waals surface area (Å²) in [5.41, 5.74) is 0.116. The summed E-state index contributed by atoms with van der Waals surface area (Å²) >= 11 is 0. The number of nitrogens with zero attached hydrogens (tertiary/aromatic N) is 3. The number of carboxylic acids is 1. The molecule has 8 heteroatoms. The summed E-state index contributed by atoms with van der Waals surface area (Å²) in [6.45, 7) is 3.32. The number of carbonyl (C=O) groups is 1. The number of aromatic nitrogens is 1. The Hall–Kier alpha value is -1.98. The molecule has 7 nitrogen and oxygen atoms in total. The van der Waals surface area contributed by atoms with Gasteiger partial charge in [-0.05, 0) is 19.1 Å². The summed E-state index contributed by atoms with van der Waals surface area (Å²) in [5, 5.41) is 17.4. The minimum atomic E-state index is -3.82. The highest BCUT2D eigenvalue weighted by molar-refractivity contribution is 7.89. The van der Waals surface area contributed by atoms with Crippen molar-refractivity contribution in [3.63, 3.8) is 0 Å². The molecule has 108 valence electrons. The molecule has 0 bridgehead atoms. The highest BCUT2D eigenvalue weighted by Gasteiger charge is 2.29. The fourth-order valence-corrected chi connectivity index (χ4v) is 3.39. The highest BCUT2D eigenvalue weighted by atomic mass is 32.2. The van der Waals surface area contributed by atoms with E-state index in [1.807, 2.05) is 0 Å². The van der Waals surface area contributed by atoms with Crippen molar-refractivity contribution in [3.05, 3.63) is 24.0 Å². The van der Waals surface area contributed by atoms with Crippen molar-refractivity contribution in [1.82, 2.24) is 9.29 Å². The SMILES string of the molecule is CCN(C(C)CC(=O)O)S(=O)(=O)c1ccc(C#N)nc1. The number of hydrogen-bond donors (Lipinski definition) is 1. The van der Waals surface area contributed by atoms with Crippen LogP contribution >= 0.6 is 0 Å². The van der Waals surface area contributed by atoms with E-state index in [2.05, 4.69) is 4.98 Å². The second-order valence-electron chi connectivity index (χ2n) is 4.15. The van der Waals surface area contributed by atoms with Crippen LogP contribution in [0.15, 0.2) is 23.2 Å². The van der Waals surface area contributed by atoms with Crippen molar-refractivity contribution >= 4 is 16.0 Å². The van der Waals surface area contributed by atoms with E-state index in [9.17, 15) is 13.2 Å². The van der Waals surface area contributed by atoms with Gasteiger partial charge in [0.15, 0.2) is 0 Å². The Bertz CT molecular complexity index is 619. The number of hydrogen-bond acceptors (Lipinski definition) is 5. The maximum absolute atomic E-state index is 12.4. The number of carboxylic acid groups (broad SMARTS) is 1. The average molecular weight is 297 g/mol. The zero-order valence-corrected chi connectivity index (χ0v) is 12.0. The third-order valence-electron chi connectivity index (χ3n) is 2.73. The summed E-state index contributed by atoms with van der Waals surface area (Å²) in [5.74, 6) is -1.07. The molecule has 1 rings (SSSR count). The first kappa shape index (κ1) is 16.1. The molecular formula is C12H15N3O4S. The molecule has 0 aliphatic rings. The van der Waals surface area contributed by atoms with Crippen molar-refractivity contribution in [1.29, 1.82) is 5.26 Å². The topological polar surface area (TPSA) is 111 Å². The molecule has 1 unspecified atom stereocenters. The zero-order chi connectivity index (χ0) is 15.3. The molecule has 1 heterocycles. The van der Waals surface area contributed by atoms with Crippen LogP contribution in [0.3, 0.4) is 0 Å². The summed E-state index contributed by atoms with van der Waals surface area (Å²) < 4.78 is 25.9. The van der Waals surface area contributed by atoms with E-state index in [1.54, 1.807) is 13.0 Å². The molecule has 0 saturated heterocycles. The molecule has 0 aromatic carbocycles. The Morgan fingerprint density at radius 2 is 2.20 bits per heavy atom. The Kier molecular flexibility index (Phi) is 5.19. The van der Waals surface area contributed by atoms with Gasteiger partial charge in [-0.2, -0.15) is 9.57 Å². The second kappa shape index (κ2) is 6.45. The molecule has 20 heavy (non-hydrogen) atoms. The number of nitriles is 1. The number of aliphatic carboxylic acids is 1. The fraction of sp³-hybridized carbons (Fsp3) is 0.417. The van der Waals surface area contributed by atoms with Gasteiger partial charge in [0, 0.05) is 18.8 Å². The minimum Gasteiger partial charge on any atom is -0.481 e. The lowest BCUT2D eigenvalue weighted by atomic mass is 10.2. The lowest BCUT2D eigenvalue weighted by Gasteiger charge is -2.25. The molecule has 0 fully saturated rings. The molecule has 0 spiro atoms. The van der Waals surface area contributed by atoms with E-state index in [-0.39, 0.29) is 23.6 Å². The first-order chi connectivity index (χ1) is 9.32. The normalized spacial score (nSPS) is 12.9. The maximum atomic E-state index is 12.4. The van der Waals surface area contributed by atoms with E-state index in [0.29, 0.717) is 0 Å². The first-order valence-corrected chi connectivity index (χ1v) is 7.36. The van der Waals surface area contributed by atoms with Gasteiger partial charge in [-0.25, -0.2) is 13.4 Å². The predicted octanol–water partition coefficient (Wildman–Crippen LogP) is 0.827. The van der Waals surface area contributed by atoms with Crippen molar-refractivity contribution in [2.24, 2.45) is 0 Å². The van der Waals surface area contributed by atoms with Gasteiger partial charge < -0.3 is 5.11 Å². The number of rotatable bonds is 6. The molecule has 0 radical (unpaired) electrons. The summed E-state index contributed by atoms with van der Waals surface area (Å²) in [7, 11) is -3.82. The molecule has 1 atom stereocenters. The maximum Gasteiger partial charge on any atom is 0.304 e. The van der Waals surface area contributed by atoms with Crippen LogP contribution < -0.4 is 0 Å². The smallest absolute Gasteiger partial charge is 0.304 e. The minimum absolute atomic E-state index is 0.0596. The Balaban J connectivity index is 3.11. The standard InChI is InChI=1S/C12H15N3O4S/c1-3-15(9(2)6-12(16)17)20(18,19)11-5-4-10(7-13)14-8-11/h4-5,8-9H,3,6H2,1-2H3,(H,16,17). The van der Waals surface area contributed by atoms with Gasteiger partial charge in [0.2, 0.25) is 10.0 Å². The molecule has 0 aliphatic heterocycles. The van der Waals surface area contributed by atoms with Crippen LogP contribution in [-0.2, 0) is 14.8 Å². The number of sulfonamides is 1. The monoisotopic (exact) mass is 297 g/mol. The van der Waals surface area contributed by atoms with E-state index in [1.165, 1.54) is 19.1 Å². The van der Waals surface area contributed by atoms with E-state index in [0.717, 1.165) is 10.5 Å². The highest BCUT2D eigenvalue weighted by Crippen LogP contribution is 2.18. The molecular weight excluding hydrogens is 282 g/mol. The molecule has 0 amide bonds. The van der Waals surface area contributed by atoms with Gasteiger partial charge in [0.05, 0.1) is 6.42 Å². The quantitative estimate of drug-likeness (QED) is 0.832. The molecule has 1 aromatic heterocycles. The van der Waals surface area contributed by atoms with Gasteiger partial charge in [-0.15, -0.1) is 0 Å². The third-order valence-corrected chi connectivity index (χ3v) is 4.80. The first-order valence-electron chi connectivity index (χ1n) is 5.92. The van der Waals surface area contributed by atoms with Crippen LogP contribution in [0, 0.1) is 11.3 Å². The van der Waals surface area contributed by atoms with Gasteiger partial charge in [-0.1, -0.05) is 6.92 Å². The lowest BCUT2D eigenvalue weighted by Crippen LogP contribution is -2.39. The average Bonchev–Trinajstić information content (AvgIpc) is 2.38. The van der Waals surface area contributed by atoms with Crippen LogP contribution in [0.5, 0.6) is 0 Å². The van der Waals surface area contributed by atoms with Crippen molar-refractivity contribution in [3.8, 4) is 6.07 Å². The van der Waals surface area contributed by atoms with Gasteiger partial charge in [0.1, 0.15) is 16.7 Å². The largest absolute Gasteiger partial charge is 0.481 e. The van der Waals surface area contributed by atoms with Crippen LogP contribution in [0.25, 0.3) is 0 Å². The zero-order valence-electron chi connectivity index (χ0n) is 11.1. The van der Waals surface area contributed by atoms with Crippen LogP contribution in [0.2, 0.25) is 0 Å². The van der Waals surface area contributed by atoms with Crippen LogP contribution in [0.1, 0.15) is 26.0 Å². The van der Waals surface area contributed by atoms with Gasteiger partial charge >= 0.3 is 5.97 Å². The van der Waals surface area contributed by atoms with Gasteiger partial charge in [-0.3, -0.25) is 4.79 Å². The van der Waals surface area contributed by atoms with Gasteiger partial charge in [0.25, 0.3) is 0 Å².